The van der Waals surface area contributed by atoms with Gasteiger partial charge in [0.05, 0.1) is 6.61 Å². The number of hydrogen-bond donors (Lipinski definition) is 2. The van der Waals surface area contributed by atoms with Crippen molar-refractivity contribution in [2.45, 2.75) is 32.4 Å². The third kappa shape index (κ3) is 6.25. The SMILES string of the molecule is COCC(C)N(C)CCCC(=O)Nc1ccccc1CN. The van der Waals surface area contributed by atoms with Crippen molar-refractivity contribution >= 4 is 11.6 Å². The molecule has 0 spiro atoms. The van der Waals surface area contributed by atoms with Gasteiger partial charge in [-0.3, -0.25) is 4.79 Å². The number of hydrogen-bond acceptors (Lipinski definition) is 4. The minimum absolute atomic E-state index is 0.0312. The molecule has 21 heavy (non-hydrogen) atoms. The molecular weight excluding hydrogens is 266 g/mol. The van der Waals surface area contributed by atoms with Crippen LogP contribution in [0.15, 0.2) is 24.3 Å². The second-order valence-electron chi connectivity index (χ2n) is 5.30. The van der Waals surface area contributed by atoms with Gasteiger partial charge in [-0.1, -0.05) is 18.2 Å². The van der Waals surface area contributed by atoms with Crippen LogP contribution in [0.3, 0.4) is 0 Å². The van der Waals surface area contributed by atoms with E-state index in [9.17, 15) is 4.79 Å². The van der Waals surface area contributed by atoms with E-state index in [1.54, 1.807) is 7.11 Å². The largest absolute Gasteiger partial charge is 0.383 e. The van der Waals surface area contributed by atoms with Crippen LogP contribution >= 0.6 is 0 Å². The van der Waals surface area contributed by atoms with Crippen LogP contribution in [0.2, 0.25) is 0 Å². The van der Waals surface area contributed by atoms with Crippen molar-refractivity contribution in [3.8, 4) is 0 Å². The Kier molecular flexibility index (Phi) is 7.97. The summed E-state index contributed by atoms with van der Waals surface area (Å²) in [5.41, 5.74) is 7.42. The molecule has 0 saturated carbocycles. The number of nitrogens with zero attached hydrogens (tertiary/aromatic N) is 1. The van der Waals surface area contributed by atoms with E-state index in [4.69, 9.17) is 10.5 Å². The molecule has 5 nitrogen and oxygen atoms in total. The van der Waals surface area contributed by atoms with Gasteiger partial charge in [-0.15, -0.1) is 0 Å². The molecule has 0 bridgehead atoms. The van der Waals surface area contributed by atoms with Gasteiger partial charge in [0.15, 0.2) is 0 Å². The maximum absolute atomic E-state index is 12.0. The zero-order chi connectivity index (χ0) is 15.7. The minimum Gasteiger partial charge on any atom is -0.383 e. The molecule has 3 N–H and O–H groups in total. The Labute approximate surface area is 127 Å². The molecule has 5 heteroatoms. The van der Waals surface area contributed by atoms with Crippen LogP contribution in [0, 0.1) is 0 Å². The number of rotatable bonds is 9. The lowest BCUT2D eigenvalue weighted by Gasteiger charge is -2.23. The lowest BCUT2D eigenvalue weighted by atomic mass is 10.1. The normalized spacial score (nSPS) is 12.4. The van der Waals surface area contributed by atoms with Crippen LogP contribution in [0.5, 0.6) is 0 Å². The molecule has 1 aromatic carbocycles. The molecule has 0 aliphatic rings. The fourth-order valence-corrected chi connectivity index (χ4v) is 2.11. The first-order valence-corrected chi connectivity index (χ1v) is 7.35. The number of carbonyl (C=O) groups excluding carboxylic acids is 1. The Hall–Kier alpha value is -1.43. The molecule has 0 aliphatic carbocycles. The monoisotopic (exact) mass is 293 g/mol. The van der Waals surface area contributed by atoms with E-state index in [2.05, 4.69) is 17.1 Å². The van der Waals surface area contributed by atoms with Crippen molar-refractivity contribution in [2.24, 2.45) is 5.73 Å². The lowest BCUT2D eigenvalue weighted by molar-refractivity contribution is -0.116. The van der Waals surface area contributed by atoms with E-state index in [1.807, 2.05) is 31.3 Å². The molecule has 1 aromatic rings. The summed E-state index contributed by atoms with van der Waals surface area (Å²) >= 11 is 0. The van der Waals surface area contributed by atoms with E-state index in [1.165, 1.54) is 0 Å². The van der Waals surface area contributed by atoms with Gasteiger partial charge in [0.25, 0.3) is 0 Å². The standard InChI is InChI=1S/C16H27N3O2/c1-13(12-21-3)19(2)10-6-9-16(20)18-15-8-5-4-7-14(15)11-17/h4-5,7-8,13H,6,9-12,17H2,1-3H3,(H,18,20). The zero-order valence-electron chi connectivity index (χ0n) is 13.3. The van der Waals surface area contributed by atoms with Crippen LogP contribution in [0.4, 0.5) is 5.69 Å². The van der Waals surface area contributed by atoms with Crippen molar-refractivity contribution < 1.29 is 9.53 Å². The number of amides is 1. The zero-order valence-corrected chi connectivity index (χ0v) is 13.3. The maximum Gasteiger partial charge on any atom is 0.224 e. The van der Waals surface area contributed by atoms with Crippen molar-refractivity contribution in [2.75, 3.05) is 32.6 Å². The highest BCUT2D eigenvalue weighted by Crippen LogP contribution is 2.14. The number of ether oxygens (including phenoxy) is 1. The number of para-hydroxylation sites is 1. The van der Waals surface area contributed by atoms with Gasteiger partial charge in [0, 0.05) is 31.8 Å². The molecule has 0 radical (unpaired) electrons. The minimum atomic E-state index is 0.0312. The van der Waals surface area contributed by atoms with Crippen LogP contribution in [-0.2, 0) is 16.1 Å². The second kappa shape index (κ2) is 9.50. The molecule has 0 aliphatic heterocycles. The van der Waals surface area contributed by atoms with E-state index in [-0.39, 0.29) is 5.91 Å². The summed E-state index contributed by atoms with van der Waals surface area (Å²) in [7, 11) is 3.75. The van der Waals surface area contributed by atoms with Gasteiger partial charge >= 0.3 is 0 Å². The first kappa shape index (κ1) is 17.6. The topological polar surface area (TPSA) is 67.6 Å². The smallest absolute Gasteiger partial charge is 0.224 e. The molecule has 0 saturated heterocycles. The van der Waals surface area contributed by atoms with E-state index >= 15 is 0 Å². The fourth-order valence-electron chi connectivity index (χ4n) is 2.11. The summed E-state index contributed by atoms with van der Waals surface area (Å²) in [6, 6.07) is 7.98. The highest BCUT2D eigenvalue weighted by molar-refractivity contribution is 5.91. The highest BCUT2D eigenvalue weighted by Gasteiger charge is 2.10. The first-order valence-electron chi connectivity index (χ1n) is 7.35. The molecule has 1 atom stereocenters. The molecule has 1 unspecified atom stereocenters. The van der Waals surface area contributed by atoms with Gasteiger partial charge in [-0.25, -0.2) is 0 Å². The van der Waals surface area contributed by atoms with E-state index in [0.717, 1.165) is 24.2 Å². The van der Waals surface area contributed by atoms with Gasteiger partial charge in [-0.2, -0.15) is 0 Å². The van der Waals surface area contributed by atoms with E-state index in [0.29, 0.717) is 25.6 Å². The quantitative estimate of drug-likeness (QED) is 0.729. The number of methoxy groups -OCH3 is 1. The van der Waals surface area contributed by atoms with Crippen LogP contribution < -0.4 is 11.1 Å². The van der Waals surface area contributed by atoms with Gasteiger partial charge < -0.3 is 20.7 Å². The average Bonchev–Trinajstić information content (AvgIpc) is 2.47. The summed E-state index contributed by atoms with van der Waals surface area (Å²) < 4.78 is 5.12. The predicted octanol–water partition coefficient (Wildman–Crippen LogP) is 1.83. The van der Waals surface area contributed by atoms with Gasteiger partial charge in [0.2, 0.25) is 5.91 Å². The number of anilines is 1. The molecule has 1 amide bonds. The van der Waals surface area contributed by atoms with Crippen LogP contribution in [-0.4, -0.2) is 44.2 Å². The summed E-state index contributed by atoms with van der Waals surface area (Å²) in [5.74, 6) is 0.0312. The molecule has 1 rings (SSSR count). The molecule has 0 fully saturated rings. The summed E-state index contributed by atoms with van der Waals surface area (Å²) in [4.78, 5) is 14.2. The van der Waals surface area contributed by atoms with Crippen LogP contribution in [0.25, 0.3) is 0 Å². The molecular formula is C16H27N3O2. The van der Waals surface area contributed by atoms with Crippen LogP contribution in [0.1, 0.15) is 25.3 Å². The Morgan fingerprint density at radius 3 is 2.81 bits per heavy atom. The summed E-state index contributed by atoms with van der Waals surface area (Å²) in [6.45, 7) is 4.11. The maximum atomic E-state index is 12.0. The number of nitrogens with two attached hydrogens (primary N) is 1. The molecule has 0 aromatic heterocycles. The van der Waals surface area contributed by atoms with Gasteiger partial charge in [-0.05, 0) is 38.6 Å². The number of carbonyl (C=O) groups is 1. The Morgan fingerprint density at radius 2 is 2.14 bits per heavy atom. The van der Waals surface area contributed by atoms with Crippen molar-refractivity contribution in [3.05, 3.63) is 29.8 Å². The first-order chi connectivity index (χ1) is 10.1. The third-order valence-corrected chi connectivity index (χ3v) is 3.59. The Bertz CT molecular complexity index is 437. The lowest BCUT2D eigenvalue weighted by Crippen LogP contribution is -2.33. The predicted molar refractivity (Wildman–Crippen MR) is 86.2 cm³/mol. The van der Waals surface area contributed by atoms with Crippen molar-refractivity contribution in [1.29, 1.82) is 0 Å². The number of nitrogens with one attached hydrogen (secondary N) is 1. The average molecular weight is 293 g/mol. The molecule has 0 heterocycles. The number of benzene rings is 1. The van der Waals surface area contributed by atoms with Gasteiger partial charge in [0.1, 0.15) is 0 Å². The van der Waals surface area contributed by atoms with Crippen molar-refractivity contribution in [1.82, 2.24) is 4.90 Å². The Balaban J connectivity index is 2.34. The third-order valence-electron chi connectivity index (χ3n) is 3.59. The Morgan fingerprint density at radius 1 is 1.43 bits per heavy atom. The fraction of sp³-hybridized carbons (Fsp3) is 0.562. The highest BCUT2D eigenvalue weighted by atomic mass is 16.5. The molecule has 118 valence electrons. The van der Waals surface area contributed by atoms with Crippen molar-refractivity contribution in [3.63, 3.8) is 0 Å². The summed E-state index contributed by atoms with van der Waals surface area (Å²) in [6.07, 6.45) is 1.32. The second-order valence-corrected chi connectivity index (χ2v) is 5.30. The summed E-state index contributed by atoms with van der Waals surface area (Å²) in [5, 5.41) is 2.93. The van der Waals surface area contributed by atoms with E-state index < -0.39 is 0 Å². The number of likely N-dealkylation sites (N-methyl/N-ethyl adjacent to an activating group) is 1.